The predicted octanol–water partition coefficient (Wildman–Crippen LogP) is 1.94. The van der Waals surface area contributed by atoms with Crippen molar-refractivity contribution in [2.45, 2.75) is 27.7 Å². The van der Waals surface area contributed by atoms with Gasteiger partial charge >= 0.3 is 0 Å². The number of hydrogen-bond donors (Lipinski definition) is 1. The maximum atomic E-state index is 5.41. The lowest BCUT2D eigenvalue weighted by Gasteiger charge is -2.12. The van der Waals surface area contributed by atoms with E-state index in [1.165, 1.54) is 5.57 Å². The molecule has 0 aromatic heterocycles. The molecule has 1 heteroatoms. The average molecular weight is 127 g/mol. The average Bonchev–Trinajstić information content (AvgIpc) is 1.62. The first-order valence-electron chi connectivity index (χ1n) is 3.34. The number of nitrogens with two attached hydrogens (primary N) is 1. The van der Waals surface area contributed by atoms with Crippen LogP contribution < -0.4 is 5.73 Å². The van der Waals surface area contributed by atoms with Gasteiger partial charge in [0, 0.05) is 6.54 Å². The summed E-state index contributed by atoms with van der Waals surface area (Å²) in [5, 5.41) is 0. The molecular weight excluding hydrogens is 110 g/mol. The molecule has 1 nitrogen and oxygen atoms in total. The Hall–Kier alpha value is -0.300. The summed E-state index contributed by atoms with van der Waals surface area (Å²) in [5.74, 6) is 0. The fourth-order valence-corrected chi connectivity index (χ4v) is 0.798. The molecule has 0 aliphatic heterocycles. The van der Waals surface area contributed by atoms with Crippen LogP contribution in [0.3, 0.4) is 0 Å². The molecule has 0 saturated heterocycles. The lowest BCUT2D eigenvalue weighted by molar-refractivity contribution is 0.539. The van der Waals surface area contributed by atoms with Crippen molar-refractivity contribution in [1.29, 1.82) is 0 Å². The van der Waals surface area contributed by atoms with E-state index in [4.69, 9.17) is 5.73 Å². The minimum absolute atomic E-state index is 0.281. The molecule has 0 aliphatic carbocycles. The Bertz CT molecular complexity index is 106. The number of rotatable bonds is 1. The lowest BCUT2D eigenvalue weighted by atomic mass is 9.94. The van der Waals surface area contributed by atoms with E-state index in [0.29, 0.717) is 6.54 Å². The summed E-state index contributed by atoms with van der Waals surface area (Å²) >= 11 is 0. The van der Waals surface area contributed by atoms with Crippen LogP contribution in [0.5, 0.6) is 0 Å². The van der Waals surface area contributed by atoms with Crippen molar-refractivity contribution in [2.75, 3.05) is 6.54 Å². The van der Waals surface area contributed by atoms with Crippen molar-refractivity contribution in [3.8, 4) is 0 Å². The maximum absolute atomic E-state index is 5.41. The zero-order valence-corrected chi connectivity index (χ0v) is 6.86. The van der Waals surface area contributed by atoms with Crippen LogP contribution in [0.2, 0.25) is 0 Å². The molecule has 9 heavy (non-hydrogen) atoms. The van der Waals surface area contributed by atoms with Gasteiger partial charge in [-0.15, -0.1) is 0 Å². The summed E-state index contributed by atoms with van der Waals surface area (Å²) in [6.07, 6.45) is 2.20. The van der Waals surface area contributed by atoms with E-state index in [1.807, 2.05) is 0 Å². The van der Waals surface area contributed by atoms with Crippen LogP contribution in [0.25, 0.3) is 0 Å². The molecule has 0 aromatic rings. The molecule has 0 unspecified atom stereocenters. The molecule has 0 atom stereocenters. The van der Waals surface area contributed by atoms with E-state index >= 15 is 0 Å². The second-order valence-corrected chi connectivity index (χ2v) is 3.56. The molecular formula is C8H17N. The summed E-state index contributed by atoms with van der Waals surface area (Å²) in [6.45, 7) is 9.26. The van der Waals surface area contributed by atoms with Crippen LogP contribution in [0.4, 0.5) is 0 Å². The van der Waals surface area contributed by atoms with E-state index < -0.39 is 0 Å². The third-order valence-electron chi connectivity index (χ3n) is 1.00. The van der Waals surface area contributed by atoms with Gasteiger partial charge < -0.3 is 5.73 Å². The minimum Gasteiger partial charge on any atom is -0.327 e. The van der Waals surface area contributed by atoms with Crippen molar-refractivity contribution in [2.24, 2.45) is 11.1 Å². The highest BCUT2D eigenvalue weighted by molar-refractivity contribution is 5.04. The van der Waals surface area contributed by atoms with Crippen LogP contribution in [-0.4, -0.2) is 6.54 Å². The topological polar surface area (TPSA) is 26.0 Å². The van der Waals surface area contributed by atoms with E-state index in [-0.39, 0.29) is 5.41 Å². The van der Waals surface area contributed by atoms with E-state index in [0.717, 1.165) is 0 Å². The van der Waals surface area contributed by atoms with Gasteiger partial charge in [0.25, 0.3) is 0 Å². The van der Waals surface area contributed by atoms with Gasteiger partial charge in [0.1, 0.15) is 0 Å². The zero-order valence-electron chi connectivity index (χ0n) is 6.86. The second-order valence-electron chi connectivity index (χ2n) is 3.56. The molecule has 0 aromatic carbocycles. The Morgan fingerprint density at radius 1 is 1.44 bits per heavy atom. The van der Waals surface area contributed by atoms with Gasteiger partial charge in [-0.3, -0.25) is 0 Å². The predicted molar refractivity (Wildman–Crippen MR) is 42.3 cm³/mol. The van der Waals surface area contributed by atoms with Crippen LogP contribution >= 0.6 is 0 Å². The molecule has 0 rings (SSSR count). The molecule has 2 N–H and O–H groups in total. The normalized spacial score (nSPS) is 14.1. The number of hydrogen-bond acceptors (Lipinski definition) is 1. The SMILES string of the molecule is CC(=CC(C)(C)C)CN. The van der Waals surface area contributed by atoms with Gasteiger partial charge in [0.2, 0.25) is 0 Å². The Kier molecular flexibility index (Phi) is 2.92. The largest absolute Gasteiger partial charge is 0.327 e. The third-order valence-corrected chi connectivity index (χ3v) is 1.00. The summed E-state index contributed by atoms with van der Waals surface area (Å²) in [5.41, 5.74) is 6.96. The van der Waals surface area contributed by atoms with Crippen molar-refractivity contribution < 1.29 is 0 Å². The molecule has 0 heterocycles. The third kappa shape index (κ3) is 5.57. The highest BCUT2D eigenvalue weighted by atomic mass is 14.5. The summed E-state index contributed by atoms with van der Waals surface area (Å²) < 4.78 is 0. The fraction of sp³-hybridized carbons (Fsp3) is 0.750. The summed E-state index contributed by atoms with van der Waals surface area (Å²) in [7, 11) is 0. The monoisotopic (exact) mass is 127 g/mol. The molecule has 0 radical (unpaired) electrons. The van der Waals surface area contributed by atoms with Gasteiger partial charge in [-0.25, -0.2) is 0 Å². The molecule has 0 spiro atoms. The smallest absolute Gasteiger partial charge is 0.0134 e. The van der Waals surface area contributed by atoms with Crippen LogP contribution in [0.1, 0.15) is 27.7 Å². The fourth-order valence-electron chi connectivity index (χ4n) is 0.798. The van der Waals surface area contributed by atoms with Gasteiger partial charge in [-0.1, -0.05) is 32.4 Å². The molecule has 0 fully saturated rings. The zero-order chi connectivity index (χ0) is 7.49. The van der Waals surface area contributed by atoms with Crippen LogP contribution in [-0.2, 0) is 0 Å². The van der Waals surface area contributed by atoms with E-state index in [2.05, 4.69) is 33.8 Å². The van der Waals surface area contributed by atoms with Crippen molar-refractivity contribution >= 4 is 0 Å². The van der Waals surface area contributed by atoms with Crippen molar-refractivity contribution in [1.82, 2.24) is 0 Å². The molecule has 0 aliphatic rings. The quantitative estimate of drug-likeness (QED) is 0.535. The Labute approximate surface area is 57.9 Å². The highest BCUT2D eigenvalue weighted by Crippen LogP contribution is 2.16. The minimum atomic E-state index is 0.281. The summed E-state index contributed by atoms with van der Waals surface area (Å²) in [6, 6.07) is 0. The van der Waals surface area contributed by atoms with Gasteiger partial charge in [-0.2, -0.15) is 0 Å². The summed E-state index contributed by atoms with van der Waals surface area (Å²) in [4.78, 5) is 0. The maximum Gasteiger partial charge on any atom is 0.0134 e. The van der Waals surface area contributed by atoms with Gasteiger partial charge in [-0.05, 0) is 12.3 Å². The first kappa shape index (κ1) is 8.70. The standard InChI is InChI=1S/C8H17N/c1-7(6-9)5-8(2,3)4/h5H,6,9H2,1-4H3. The van der Waals surface area contributed by atoms with Gasteiger partial charge in [0.05, 0.1) is 0 Å². The Morgan fingerprint density at radius 3 is 2.00 bits per heavy atom. The Balaban J connectivity index is 3.95. The van der Waals surface area contributed by atoms with Crippen LogP contribution in [0, 0.1) is 5.41 Å². The molecule has 0 saturated carbocycles. The van der Waals surface area contributed by atoms with Crippen LogP contribution in [0.15, 0.2) is 11.6 Å². The Morgan fingerprint density at radius 2 is 1.89 bits per heavy atom. The van der Waals surface area contributed by atoms with E-state index in [1.54, 1.807) is 0 Å². The van der Waals surface area contributed by atoms with E-state index in [9.17, 15) is 0 Å². The second kappa shape index (κ2) is 3.02. The lowest BCUT2D eigenvalue weighted by Crippen LogP contribution is -2.06. The molecule has 0 bridgehead atoms. The van der Waals surface area contributed by atoms with Gasteiger partial charge in [0.15, 0.2) is 0 Å². The number of allylic oxidation sites excluding steroid dienone is 1. The first-order valence-corrected chi connectivity index (χ1v) is 3.34. The highest BCUT2D eigenvalue weighted by Gasteiger charge is 2.04. The molecule has 0 amide bonds. The molecule has 54 valence electrons. The first-order chi connectivity index (χ1) is 3.95. The van der Waals surface area contributed by atoms with Crippen molar-refractivity contribution in [3.63, 3.8) is 0 Å². The van der Waals surface area contributed by atoms with Crippen molar-refractivity contribution in [3.05, 3.63) is 11.6 Å².